The number of furan rings is 1. The number of fused-ring (bicyclic) bond motifs is 1. The average Bonchev–Trinajstić information content (AvgIpc) is 3.48. The molecule has 36 heavy (non-hydrogen) atoms. The number of aromatic nitrogens is 2. The van der Waals surface area contributed by atoms with Crippen LogP contribution in [0.15, 0.2) is 64.0 Å². The fraction of sp³-hybridized carbons (Fsp3) is 0.185. The second-order valence-corrected chi connectivity index (χ2v) is 8.10. The fourth-order valence-electron chi connectivity index (χ4n) is 3.53. The predicted octanol–water partition coefficient (Wildman–Crippen LogP) is 5.33. The van der Waals surface area contributed by atoms with E-state index in [1.54, 1.807) is 49.4 Å². The van der Waals surface area contributed by atoms with E-state index in [1.165, 1.54) is 0 Å². The van der Waals surface area contributed by atoms with Gasteiger partial charge in [-0.15, -0.1) is 12.4 Å². The van der Waals surface area contributed by atoms with Crippen LogP contribution in [0.5, 0.6) is 0 Å². The van der Waals surface area contributed by atoms with Crippen LogP contribution >= 0.6 is 12.4 Å². The molecular weight excluding hydrogens is 478 g/mol. The number of hydrogen-bond acceptors (Lipinski definition) is 6. The van der Waals surface area contributed by atoms with E-state index in [9.17, 15) is 4.79 Å². The van der Waals surface area contributed by atoms with E-state index in [0.717, 1.165) is 16.6 Å². The Morgan fingerprint density at radius 3 is 2.58 bits per heavy atom. The van der Waals surface area contributed by atoms with Gasteiger partial charge in [-0.05, 0) is 74.9 Å². The van der Waals surface area contributed by atoms with Crippen LogP contribution in [0.3, 0.4) is 0 Å². The first-order valence-electron chi connectivity index (χ1n) is 11.2. The van der Waals surface area contributed by atoms with Crippen LogP contribution in [0.2, 0.25) is 0 Å². The smallest absolute Gasteiger partial charge is 0.338 e. The summed E-state index contributed by atoms with van der Waals surface area (Å²) >= 11 is 0. The van der Waals surface area contributed by atoms with Crippen LogP contribution in [0, 0.1) is 11.3 Å². The Balaban J connectivity index is 0.00000361. The van der Waals surface area contributed by atoms with Gasteiger partial charge in [0.15, 0.2) is 11.6 Å². The topological polar surface area (TPSA) is 130 Å². The maximum atomic E-state index is 12.6. The van der Waals surface area contributed by atoms with Gasteiger partial charge in [-0.2, -0.15) is 5.26 Å². The number of esters is 1. The summed E-state index contributed by atoms with van der Waals surface area (Å²) in [5.41, 5.74) is 9.93. The third kappa shape index (κ3) is 5.82. The Morgan fingerprint density at radius 2 is 1.92 bits per heavy atom. The fourth-order valence-corrected chi connectivity index (χ4v) is 3.53. The van der Waals surface area contributed by atoms with Crippen LogP contribution < -0.4 is 5.73 Å². The van der Waals surface area contributed by atoms with Crippen molar-refractivity contribution in [1.82, 2.24) is 9.97 Å². The number of rotatable bonds is 7. The van der Waals surface area contributed by atoms with Crippen molar-refractivity contribution in [2.24, 2.45) is 10.7 Å². The molecule has 4 aromatic rings. The van der Waals surface area contributed by atoms with E-state index in [2.05, 4.69) is 21.0 Å². The van der Waals surface area contributed by atoms with Gasteiger partial charge in [0, 0.05) is 11.6 Å². The maximum Gasteiger partial charge on any atom is 0.338 e. The van der Waals surface area contributed by atoms with Gasteiger partial charge in [0.05, 0.1) is 34.8 Å². The molecule has 2 aromatic carbocycles. The van der Waals surface area contributed by atoms with Crippen molar-refractivity contribution >= 4 is 46.9 Å². The van der Waals surface area contributed by atoms with Crippen LogP contribution in [-0.2, 0) is 9.53 Å². The largest absolute Gasteiger partial charge is 0.462 e. The monoisotopic (exact) mass is 503 g/mol. The second-order valence-electron chi connectivity index (χ2n) is 8.10. The van der Waals surface area contributed by atoms with Gasteiger partial charge in [-0.3, -0.25) is 4.99 Å². The number of benzene rings is 2. The number of amidine groups is 1. The lowest BCUT2D eigenvalue weighted by Gasteiger charge is -2.07. The summed E-state index contributed by atoms with van der Waals surface area (Å²) in [7, 11) is 0. The SMILES string of the molecule is CCOC(=O)/C(=C/c1ccc(-c2nc3ccc(C(N)=NC(C)C)cc3[nH]2)o1)c1ccc(C#N)cc1.Cl. The number of hydrogen-bond donors (Lipinski definition) is 2. The molecule has 0 spiro atoms. The zero-order valence-corrected chi connectivity index (χ0v) is 20.9. The van der Waals surface area contributed by atoms with Gasteiger partial charge in [0.25, 0.3) is 0 Å². The van der Waals surface area contributed by atoms with Gasteiger partial charge in [0.2, 0.25) is 0 Å². The molecule has 0 aliphatic carbocycles. The number of carbonyl (C=O) groups is 1. The van der Waals surface area contributed by atoms with Gasteiger partial charge in [-0.1, -0.05) is 12.1 Å². The van der Waals surface area contributed by atoms with Gasteiger partial charge in [-0.25, -0.2) is 9.78 Å². The van der Waals surface area contributed by atoms with E-state index >= 15 is 0 Å². The first-order valence-corrected chi connectivity index (χ1v) is 11.2. The predicted molar refractivity (Wildman–Crippen MR) is 143 cm³/mol. The summed E-state index contributed by atoms with van der Waals surface area (Å²) in [6.45, 7) is 5.92. The minimum absolute atomic E-state index is 0. The molecule has 2 aromatic heterocycles. The van der Waals surface area contributed by atoms with Crippen LogP contribution in [0.1, 0.15) is 43.2 Å². The second kappa shape index (κ2) is 11.4. The number of ether oxygens (including phenoxy) is 1. The minimum atomic E-state index is -0.480. The molecule has 0 unspecified atom stereocenters. The first-order chi connectivity index (χ1) is 16.9. The lowest BCUT2D eigenvalue weighted by Crippen LogP contribution is -2.15. The molecule has 0 fully saturated rings. The van der Waals surface area contributed by atoms with E-state index in [0.29, 0.717) is 39.9 Å². The molecule has 0 saturated heterocycles. The molecule has 0 radical (unpaired) electrons. The number of carbonyl (C=O) groups excluding carboxylic acids is 1. The molecule has 4 rings (SSSR count). The molecule has 0 saturated carbocycles. The molecule has 0 amide bonds. The van der Waals surface area contributed by atoms with Crippen molar-refractivity contribution < 1.29 is 13.9 Å². The van der Waals surface area contributed by atoms with E-state index in [-0.39, 0.29) is 25.1 Å². The molecule has 8 nitrogen and oxygen atoms in total. The molecule has 2 heterocycles. The highest BCUT2D eigenvalue weighted by molar-refractivity contribution is 6.21. The number of halogens is 1. The third-order valence-corrected chi connectivity index (χ3v) is 5.14. The molecule has 9 heteroatoms. The standard InChI is InChI=1S/C27H25N5O3.ClH/c1-4-34-27(33)21(18-7-5-17(15-28)6-8-18)14-20-10-12-24(35-20)26-31-22-11-9-19(13-23(22)32-26)25(29)30-16(2)3;/h5-14,16H,4H2,1-3H3,(H2,29,30)(H,31,32);1H/b21-14+;. The van der Waals surface area contributed by atoms with E-state index in [4.69, 9.17) is 20.1 Å². The Labute approximate surface area is 214 Å². The molecule has 0 atom stereocenters. The number of aromatic amines is 1. The Kier molecular flexibility index (Phi) is 8.30. The van der Waals surface area contributed by atoms with Gasteiger partial charge in [0.1, 0.15) is 11.6 Å². The van der Waals surface area contributed by atoms with Crippen molar-refractivity contribution in [2.75, 3.05) is 6.61 Å². The summed E-state index contributed by atoms with van der Waals surface area (Å²) in [5, 5.41) is 9.04. The zero-order chi connectivity index (χ0) is 24.9. The molecule has 3 N–H and O–H groups in total. The number of nitriles is 1. The summed E-state index contributed by atoms with van der Waals surface area (Å²) in [5.74, 6) is 1.51. The number of imidazole rings is 1. The maximum absolute atomic E-state index is 12.6. The summed E-state index contributed by atoms with van der Waals surface area (Å²) < 4.78 is 11.2. The van der Waals surface area contributed by atoms with Crippen molar-refractivity contribution in [3.8, 4) is 17.7 Å². The highest BCUT2D eigenvalue weighted by Gasteiger charge is 2.16. The molecule has 0 bridgehead atoms. The van der Waals surface area contributed by atoms with Gasteiger partial charge >= 0.3 is 5.97 Å². The third-order valence-electron chi connectivity index (χ3n) is 5.14. The summed E-state index contributed by atoms with van der Waals surface area (Å²) in [6.07, 6.45) is 1.62. The highest BCUT2D eigenvalue weighted by Crippen LogP contribution is 2.27. The molecule has 0 aliphatic heterocycles. The Morgan fingerprint density at radius 1 is 1.19 bits per heavy atom. The van der Waals surface area contributed by atoms with Crippen molar-refractivity contribution in [3.63, 3.8) is 0 Å². The quantitative estimate of drug-likeness (QED) is 0.151. The number of nitrogens with one attached hydrogen (secondary N) is 1. The highest BCUT2D eigenvalue weighted by atomic mass is 35.5. The van der Waals surface area contributed by atoms with E-state index < -0.39 is 5.97 Å². The number of aliphatic imine (C=N–C) groups is 1. The minimum Gasteiger partial charge on any atom is -0.462 e. The number of nitrogens with zero attached hydrogens (tertiary/aromatic N) is 3. The Hall–Kier alpha value is -4.35. The summed E-state index contributed by atoms with van der Waals surface area (Å²) in [4.78, 5) is 24.9. The molecular formula is C27H26ClN5O3. The normalized spacial score (nSPS) is 11.9. The van der Waals surface area contributed by atoms with Crippen LogP contribution in [0.4, 0.5) is 0 Å². The van der Waals surface area contributed by atoms with Crippen LogP contribution in [0.25, 0.3) is 34.3 Å². The Bertz CT molecular complexity index is 1470. The lowest BCUT2D eigenvalue weighted by atomic mass is 10.0. The molecule has 184 valence electrons. The lowest BCUT2D eigenvalue weighted by molar-refractivity contribution is -0.136. The number of H-pyrrole nitrogens is 1. The number of nitrogens with two attached hydrogens (primary N) is 1. The first kappa shape index (κ1) is 26.3. The average molecular weight is 504 g/mol. The van der Waals surface area contributed by atoms with Gasteiger partial charge < -0.3 is 19.9 Å². The van der Waals surface area contributed by atoms with Crippen LogP contribution in [-0.4, -0.2) is 34.4 Å². The van der Waals surface area contributed by atoms with Crippen molar-refractivity contribution in [3.05, 3.63) is 77.0 Å². The van der Waals surface area contributed by atoms with Crippen molar-refractivity contribution in [1.29, 1.82) is 5.26 Å². The summed E-state index contributed by atoms with van der Waals surface area (Å²) in [6, 6.07) is 18.1. The molecule has 0 aliphatic rings. The van der Waals surface area contributed by atoms with Crippen molar-refractivity contribution in [2.45, 2.75) is 26.8 Å². The zero-order valence-electron chi connectivity index (χ0n) is 20.1. The van der Waals surface area contributed by atoms with E-state index in [1.807, 2.05) is 32.0 Å².